The molecule has 0 atom stereocenters. The first-order valence-corrected chi connectivity index (χ1v) is 30.3. The number of aromatic nitrogens is 4. The molecule has 1 aliphatic rings. The summed E-state index contributed by atoms with van der Waals surface area (Å²) in [6, 6.07) is 39.9. The largest absolute Gasteiger partial charge is 0.464 e. The highest BCUT2D eigenvalue weighted by Crippen LogP contribution is 2.43. The number of benzene rings is 4. The maximum Gasteiger partial charge on any atom is 0.358 e. The van der Waals surface area contributed by atoms with Crippen LogP contribution in [0.2, 0.25) is 10.0 Å². The van der Waals surface area contributed by atoms with Crippen LogP contribution in [-0.2, 0) is 30.0 Å². The molecule has 0 saturated heterocycles. The topological polar surface area (TPSA) is 150 Å². The number of nitrogens with zero attached hydrogens (tertiary/aromatic N) is 4. The van der Waals surface area contributed by atoms with Crippen molar-refractivity contribution < 1.29 is 31.5 Å². The Morgan fingerprint density at radius 3 is 1.53 bits per heavy atom. The highest BCUT2D eigenvalue weighted by atomic mass is 79.9. The Hall–Kier alpha value is -4.43. The number of hydrogen-bond acceptors (Lipinski definition) is 11. The van der Waals surface area contributed by atoms with Gasteiger partial charge in [0.25, 0.3) is 0 Å². The van der Waals surface area contributed by atoms with Crippen molar-refractivity contribution in [2.24, 2.45) is 0 Å². The molecule has 1 fully saturated rings. The highest BCUT2D eigenvalue weighted by molar-refractivity contribution is 9.09. The molecule has 1 saturated carbocycles. The van der Waals surface area contributed by atoms with Gasteiger partial charge in [-0.05, 0) is 116 Å². The van der Waals surface area contributed by atoms with Crippen molar-refractivity contribution in [3.8, 4) is 53.4 Å². The van der Waals surface area contributed by atoms with Gasteiger partial charge < -0.3 is 9.84 Å². The van der Waals surface area contributed by atoms with Crippen LogP contribution in [0.5, 0.6) is 0 Å². The van der Waals surface area contributed by atoms with Gasteiger partial charge in [-0.2, -0.15) is 10.2 Å². The van der Waals surface area contributed by atoms with Gasteiger partial charge in [0, 0.05) is 39.0 Å². The minimum Gasteiger partial charge on any atom is -0.464 e. The Morgan fingerprint density at radius 1 is 0.643 bits per heavy atom. The number of unbranched alkanes of at least 4 members (excludes halogenated alkanes) is 1. The van der Waals surface area contributed by atoms with Crippen molar-refractivity contribution in [3.63, 3.8) is 0 Å². The Bertz CT molecular complexity index is 3340. The van der Waals surface area contributed by atoms with Gasteiger partial charge in [0.05, 0.1) is 65.2 Å². The molecule has 4 aromatic carbocycles. The van der Waals surface area contributed by atoms with Crippen LogP contribution in [0.1, 0.15) is 54.7 Å². The van der Waals surface area contributed by atoms with E-state index in [0.717, 1.165) is 65.5 Å². The lowest BCUT2D eigenvalue weighted by molar-refractivity contribution is 0.0396. The van der Waals surface area contributed by atoms with Crippen LogP contribution in [0, 0.1) is 0 Å². The molecule has 0 radical (unpaired) electrons. The second-order valence-corrected chi connectivity index (χ2v) is 24.9. The number of rotatable bonds is 13. The monoisotopic (exact) mass is 1180 g/mol. The molecule has 0 spiro atoms. The van der Waals surface area contributed by atoms with Gasteiger partial charge in [-0.25, -0.2) is 31.0 Å². The summed E-state index contributed by atoms with van der Waals surface area (Å²) in [4.78, 5) is 16.3. The number of carbonyl (C=O) groups excluding carboxylic acids is 1. The van der Waals surface area contributed by atoms with E-state index in [2.05, 4.69) is 37.0 Å². The van der Waals surface area contributed by atoms with E-state index >= 15 is 0 Å². The number of esters is 1. The molecule has 0 amide bonds. The van der Waals surface area contributed by atoms with Crippen LogP contribution in [0.15, 0.2) is 143 Å². The van der Waals surface area contributed by atoms with E-state index in [-0.39, 0.29) is 10.6 Å². The second-order valence-electron chi connectivity index (χ2n) is 16.3. The fourth-order valence-corrected chi connectivity index (χ4v) is 12.2. The molecule has 19 heteroatoms. The first kappa shape index (κ1) is 53.4. The van der Waals surface area contributed by atoms with Crippen molar-refractivity contribution in [2.45, 2.75) is 53.9 Å². The van der Waals surface area contributed by atoms with Gasteiger partial charge in [0.1, 0.15) is 5.60 Å². The first-order valence-electron chi connectivity index (χ1n) is 21.9. The average Bonchev–Trinajstić information content (AvgIpc) is 4.22. The number of hydrogen-bond donors (Lipinski definition) is 1. The lowest BCUT2D eigenvalue weighted by Crippen LogP contribution is -2.21. The van der Waals surface area contributed by atoms with E-state index in [4.69, 9.17) is 33.0 Å². The zero-order valence-electron chi connectivity index (χ0n) is 38.2. The summed E-state index contributed by atoms with van der Waals surface area (Å²) in [6.45, 7) is 0. The highest BCUT2D eigenvalue weighted by Gasteiger charge is 2.36. The third kappa shape index (κ3) is 12.8. The SMILES string of the molecule is BrCCCCBr.COC(=O)c1cc(-c2ccc(-c3cccc(S(C)(=O)=O)c3)s2)n(-c2ccccc2Cl)n1.CS(=O)(=O)c1cccc(-c2ccc(-c3cc(C4(O)CCCC4)nn3-c3ccccc3Cl)s2)c1. The summed E-state index contributed by atoms with van der Waals surface area (Å²) >= 11 is 22.5. The predicted octanol–water partition coefficient (Wildman–Crippen LogP) is 13.8. The number of aliphatic hydroxyl groups is 1. The summed E-state index contributed by atoms with van der Waals surface area (Å²) < 4.78 is 56.0. The lowest BCUT2D eigenvalue weighted by Gasteiger charge is -2.18. The number of thiophene rings is 2. The first-order chi connectivity index (χ1) is 33.4. The Balaban J connectivity index is 0.000000185. The molecule has 9 rings (SSSR count). The third-order valence-corrected chi connectivity index (χ3v) is 17.5. The van der Waals surface area contributed by atoms with Gasteiger partial charge in [0.15, 0.2) is 25.4 Å². The van der Waals surface area contributed by atoms with Crippen molar-refractivity contribution in [1.29, 1.82) is 0 Å². The van der Waals surface area contributed by atoms with Gasteiger partial charge in [-0.3, -0.25) is 0 Å². The van der Waals surface area contributed by atoms with Gasteiger partial charge in [-0.1, -0.05) is 116 Å². The average molecular weight is 1190 g/mol. The maximum atomic E-state index is 12.1. The van der Waals surface area contributed by atoms with E-state index in [1.807, 2.05) is 84.9 Å². The second kappa shape index (κ2) is 23.4. The number of ether oxygens (including phenoxy) is 1. The number of sulfone groups is 2. The Morgan fingerprint density at radius 2 is 1.09 bits per heavy atom. The minimum absolute atomic E-state index is 0.159. The summed E-state index contributed by atoms with van der Waals surface area (Å²) in [6.07, 6.45) is 8.30. The summed E-state index contributed by atoms with van der Waals surface area (Å²) in [5.41, 5.74) is 4.40. The number of alkyl halides is 2. The molecular weight excluding hydrogens is 1140 g/mol. The number of para-hydroxylation sites is 2. The molecule has 0 aliphatic heterocycles. The summed E-state index contributed by atoms with van der Waals surface area (Å²) in [5.74, 6) is -0.551. The molecule has 11 nitrogen and oxygen atoms in total. The van der Waals surface area contributed by atoms with Gasteiger partial charge in [0.2, 0.25) is 0 Å². The van der Waals surface area contributed by atoms with Crippen molar-refractivity contribution in [1.82, 2.24) is 19.6 Å². The predicted molar refractivity (Wildman–Crippen MR) is 291 cm³/mol. The van der Waals surface area contributed by atoms with E-state index < -0.39 is 31.2 Å². The fraction of sp³-hybridized carbons (Fsp3) is 0.235. The van der Waals surface area contributed by atoms with Gasteiger partial charge >= 0.3 is 5.97 Å². The van der Waals surface area contributed by atoms with Crippen molar-refractivity contribution in [3.05, 3.63) is 155 Å². The minimum atomic E-state index is -3.31. The lowest BCUT2D eigenvalue weighted by atomic mass is 9.98. The number of methoxy groups -OCH3 is 1. The third-order valence-electron chi connectivity index (χ3n) is 11.2. The van der Waals surface area contributed by atoms with Crippen molar-refractivity contribution in [2.75, 3.05) is 30.3 Å². The van der Waals surface area contributed by atoms with E-state index in [0.29, 0.717) is 44.9 Å². The van der Waals surface area contributed by atoms with Crippen LogP contribution in [0.4, 0.5) is 0 Å². The summed E-state index contributed by atoms with van der Waals surface area (Å²) in [5, 5.41) is 23.7. The van der Waals surface area contributed by atoms with Crippen LogP contribution >= 0.6 is 77.7 Å². The molecule has 70 heavy (non-hydrogen) atoms. The molecule has 4 heterocycles. The van der Waals surface area contributed by atoms with Crippen LogP contribution in [0.3, 0.4) is 0 Å². The van der Waals surface area contributed by atoms with Crippen LogP contribution < -0.4 is 0 Å². The Kier molecular flexibility index (Phi) is 17.9. The van der Waals surface area contributed by atoms with Gasteiger partial charge in [-0.15, -0.1) is 22.7 Å². The number of carbonyl (C=O) groups is 1. The molecule has 4 aromatic heterocycles. The zero-order chi connectivity index (χ0) is 50.2. The molecule has 0 bridgehead atoms. The van der Waals surface area contributed by atoms with Crippen LogP contribution in [-0.4, -0.2) is 77.8 Å². The molecule has 1 N–H and O–H groups in total. The van der Waals surface area contributed by atoms with E-state index in [1.165, 1.54) is 43.8 Å². The standard InChI is InChI=1S/C25H23ClN2O3S2.C22H17ClN2O4S2.C4H8Br2/c1-33(30,31)18-8-6-7-17(15-18)22-11-12-23(32-22)21-16-24(25(29)13-4-5-14-25)27-28(21)20-10-3-2-9-19(20)26;1-29-22(26)17-13-19(25(24-17)18-9-4-3-8-16(18)23)21-11-10-20(30-21)14-6-5-7-15(12-14)31(2,27)28;5-3-1-2-4-6/h2-3,6-12,15-16,29H,4-5,13-14H2,1H3;3-13H,1-2H3;1-4H2. The molecule has 366 valence electrons. The molecule has 1 aliphatic carbocycles. The molecular formula is C51H48Br2Cl2N4O7S4. The van der Waals surface area contributed by atoms with Crippen LogP contribution in [0.25, 0.3) is 53.4 Å². The molecule has 8 aromatic rings. The number of halogens is 4. The van der Waals surface area contributed by atoms with Crippen molar-refractivity contribution >= 4 is 103 Å². The zero-order valence-corrected chi connectivity index (χ0v) is 46.1. The molecule has 0 unspecified atom stereocenters. The fourth-order valence-electron chi connectivity index (χ4n) is 7.59. The quantitative estimate of drug-likeness (QED) is 0.0676. The Labute approximate surface area is 443 Å². The normalized spacial score (nSPS) is 13.3. The maximum absolute atomic E-state index is 12.1. The smallest absolute Gasteiger partial charge is 0.358 e. The van der Waals surface area contributed by atoms with E-state index in [9.17, 15) is 26.7 Å². The summed E-state index contributed by atoms with van der Waals surface area (Å²) in [7, 11) is -5.30. The van der Waals surface area contributed by atoms with E-state index in [1.54, 1.807) is 69.2 Å².